The van der Waals surface area contributed by atoms with Crippen LogP contribution >= 0.6 is 0 Å². The lowest BCUT2D eigenvalue weighted by molar-refractivity contribution is -0.307. The molecule has 0 amide bonds. The topological polar surface area (TPSA) is 36.3 Å². The second kappa shape index (κ2) is 6.42. The lowest BCUT2D eigenvalue weighted by Crippen LogP contribution is -2.50. The standard InChI is InChI=1S/C18H23FN2O2/c1-17(2)12-22-18(23-13-17,11-21-10-9-20-14-21)8-7-15-3-5-16(19)6-4-15/h3-6,9-10,14H,7-8,11-13H2,1-2H3. The van der Waals surface area contributed by atoms with Crippen LogP contribution in [0.15, 0.2) is 43.0 Å². The largest absolute Gasteiger partial charge is 0.348 e. The normalized spacial score (nSPS) is 19.6. The monoisotopic (exact) mass is 318 g/mol. The highest BCUT2D eigenvalue weighted by Crippen LogP contribution is 2.33. The van der Waals surface area contributed by atoms with Crippen LogP contribution in [0.25, 0.3) is 0 Å². The van der Waals surface area contributed by atoms with Crippen molar-refractivity contribution < 1.29 is 13.9 Å². The zero-order valence-electron chi connectivity index (χ0n) is 13.7. The highest BCUT2D eigenvalue weighted by molar-refractivity contribution is 5.16. The lowest BCUT2D eigenvalue weighted by Gasteiger charge is -2.43. The molecule has 0 unspecified atom stereocenters. The fourth-order valence-electron chi connectivity index (χ4n) is 2.70. The molecule has 0 bridgehead atoms. The summed E-state index contributed by atoms with van der Waals surface area (Å²) in [5, 5.41) is 0. The predicted octanol–water partition coefficient (Wildman–Crippen LogP) is 3.42. The number of rotatable bonds is 5. The molecule has 124 valence electrons. The van der Waals surface area contributed by atoms with Gasteiger partial charge in [0.25, 0.3) is 0 Å². The molecule has 0 saturated carbocycles. The van der Waals surface area contributed by atoms with Crippen LogP contribution < -0.4 is 0 Å². The molecule has 2 heterocycles. The molecule has 0 spiro atoms. The number of halogens is 1. The van der Waals surface area contributed by atoms with Crippen molar-refractivity contribution in [2.24, 2.45) is 5.41 Å². The fourth-order valence-corrected chi connectivity index (χ4v) is 2.70. The average molecular weight is 318 g/mol. The Bertz CT molecular complexity index is 613. The van der Waals surface area contributed by atoms with Gasteiger partial charge in [-0.15, -0.1) is 0 Å². The van der Waals surface area contributed by atoms with Crippen LogP contribution in [0.2, 0.25) is 0 Å². The molecular formula is C18H23FN2O2. The minimum Gasteiger partial charge on any atom is -0.348 e. The smallest absolute Gasteiger partial charge is 0.186 e. The van der Waals surface area contributed by atoms with Crippen LogP contribution in [-0.2, 0) is 22.4 Å². The van der Waals surface area contributed by atoms with E-state index >= 15 is 0 Å². The molecule has 1 aliphatic heterocycles. The third-order valence-corrected chi connectivity index (χ3v) is 4.14. The van der Waals surface area contributed by atoms with Crippen LogP contribution in [0.4, 0.5) is 4.39 Å². The first-order valence-electron chi connectivity index (χ1n) is 7.95. The molecule has 2 aromatic rings. The van der Waals surface area contributed by atoms with E-state index in [4.69, 9.17) is 9.47 Å². The number of nitrogens with zero attached hydrogens (tertiary/aromatic N) is 2. The summed E-state index contributed by atoms with van der Waals surface area (Å²) in [6.07, 6.45) is 6.92. The highest BCUT2D eigenvalue weighted by Gasteiger charge is 2.40. The van der Waals surface area contributed by atoms with E-state index in [9.17, 15) is 4.39 Å². The van der Waals surface area contributed by atoms with Gasteiger partial charge in [0, 0.05) is 24.2 Å². The first kappa shape index (κ1) is 16.1. The molecular weight excluding hydrogens is 295 g/mol. The van der Waals surface area contributed by atoms with Crippen molar-refractivity contribution in [1.29, 1.82) is 0 Å². The maximum Gasteiger partial charge on any atom is 0.186 e. The molecule has 1 aliphatic rings. The van der Waals surface area contributed by atoms with Crippen molar-refractivity contribution in [3.63, 3.8) is 0 Å². The van der Waals surface area contributed by atoms with Gasteiger partial charge >= 0.3 is 0 Å². The number of imidazole rings is 1. The van der Waals surface area contributed by atoms with Crippen molar-refractivity contribution in [2.45, 2.75) is 39.0 Å². The number of hydrogen-bond acceptors (Lipinski definition) is 3. The van der Waals surface area contributed by atoms with Crippen LogP contribution in [0.1, 0.15) is 25.8 Å². The predicted molar refractivity (Wildman–Crippen MR) is 85.4 cm³/mol. The van der Waals surface area contributed by atoms with Gasteiger partial charge < -0.3 is 14.0 Å². The summed E-state index contributed by atoms with van der Waals surface area (Å²) >= 11 is 0. The van der Waals surface area contributed by atoms with E-state index in [1.54, 1.807) is 12.5 Å². The number of ether oxygens (including phenoxy) is 2. The lowest BCUT2D eigenvalue weighted by atomic mass is 9.93. The Balaban J connectivity index is 1.71. The minimum atomic E-state index is -0.662. The number of aryl methyl sites for hydroxylation is 1. The van der Waals surface area contributed by atoms with Crippen molar-refractivity contribution in [1.82, 2.24) is 9.55 Å². The molecule has 1 aromatic heterocycles. The molecule has 23 heavy (non-hydrogen) atoms. The molecule has 1 fully saturated rings. The summed E-state index contributed by atoms with van der Waals surface area (Å²) in [6, 6.07) is 6.60. The van der Waals surface area contributed by atoms with Gasteiger partial charge in [-0.25, -0.2) is 9.37 Å². The Morgan fingerprint density at radius 1 is 1.17 bits per heavy atom. The van der Waals surface area contributed by atoms with Gasteiger partial charge in [-0.3, -0.25) is 0 Å². The second-order valence-electron chi connectivity index (χ2n) is 7.01. The maximum atomic E-state index is 13.0. The SMILES string of the molecule is CC1(C)COC(CCc2ccc(F)cc2)(Cn2ccnc2)OC1. The van der Waals surface area contributed by atoms with Crippen LogP contribution in [0.3, 0.4) is 0 Å². The van der Waals surface area contributed by atoms with Crippen molar-refractivity contribution >= 4 is 0 Å². The van der Waals surface area contributed by atoms with Crippen molar-refractivity contribution in [3.05, 3.63) is 54.4 Å². The summed E-state index contributed by atoms with van der Waals surface area (Å²) in [5.41, 5.74) is 1.10. The minimum absolute atomic E-state index is 0.0221. The summed E-state index contributed by atoms with van der Waals surface area (Å²) in [4.78, 5) is 4.09. The molecule has 5 heteroatoms. The van der Waals surface area contributed by atoms with Gasteiger partial charge in [0.2, 0.25) is 0 Å². The van der Waals surface area contributed by atoms with Gasteiger partial charge in [-0.2, -0.15) is 0 Å². The molecule has 0 aliphatic carbocycles. The summed E-state index contributed by atoms with van der Waals surface area (Å²) in [7, 11) is 0. The summed E-state index contributed by atoms with van der Waals surface area (Å²) in [5.74, 6) is -0.876. The maximum absolute atomic E-state index is 13.0. The molecule has 0 N–H and O–H groups in total. The Morgan fingerprint density at radius 2 is 1.87 bits per heavy atom. The second-order valence-corrected chi connectivity index (χ2v) is 7.01. The Labute approximate surface area is 136 Å². The van der Waals surface area contributed by atoms with Gasteiger partial charge in [0.05, 0.1) is 26.1 Å². The molecule has 3 rings (SSSR count). The first-order valence-corrected chi connectivity index (χ1v) is 7.95. The van der Waals surface area contributed by atoms with Crippen LogP contribution in [0.5, 0.6) is 0 Å². The highest BCUT2D eigenvalue weighted by atomic mass is 19.1. The number of hydrogen-bond donors (Lipinski definition) is 0. The molecule has 4 nitrogen and oxygen atoms in total. The average Bonchev–Trinajstić information content (AvgIpc) is 3.03. The van der Waals surface area contributed by atoms with Gasteiger partial charge in [0.15, 0.2) is 5.79 Å². The summed E-state index contributed by atoms with van der Waals surface area (Å²) in [6.45, 7) is 6.18. The Morgan fingerprint density at radius 3 is 2.48 bits per heavy atom. The zero-order chi connectivity index (χ0) is 16.3. The zero-order valence-corrected chi connectivity index (χ0v) is 13.7. The third-order valence-electron chi connectivity index (χ3n) is 4.14. The molecule has 0 atom stereocenters. The van der Waals surface area contributed by atoms with Crippen molar-refractivity contribution in [3.8, 4) is 0 Å². The molecule has 0 radical (unpaired) electrons. The van der Waals surface area contributed by atoms with E-state index < -0.39 is 5.79 Å². The van der Waals surface area contributed by atoms with E-state index in [2.05, 4.69) is 18.8 Å². The Kier molecular flexibility index (Phi) is 4.50. The quantitative estimate of drug-likeness (QED) is 0.847. The van der Waals surface area contributed by atoms with Crippen LogP contribution in [-0.4, -0.2) is 28.6 Å². The van der Waals surface area contributed by atoms with Gasteiger partial charge in [0.1, 0.15) is 5.82 Å². The van der Waals surface area contributed by atoms with Gasteiger partial charge in [-0.05, 0) is 24.1 Å². The van der Waals surface area contributed by atoms with E-state index in [-0.39, 0.29) is 11.2 Å². The van der Waals surface area contributed by atoms with Gasteiger partial charge in [-0.1, -0.05) is 26.0 Å². The van der Waals surface area contributed by atoms with Crippen molar-refractivity contribution in [2.75, 3.05) is 13.2 Å². The number of benzene rings is 1. The van der Waals surface area contributed by atoms with E-state index in [1.165, 1.54) is 12.1 Å². The fraction of sp³-hybridized carbons (Fsp3) is 0.500. The molecule has 1 saturated heterocycles. The van der Waals surface area contributed by atoms with E-state index in [0.717, 1.165) is 12.0 Å². The third kappa shape index (κ3) is 4.18. The van der Waals surface area contributed by atoms with E-state index in [0.29, 0.717) is 26.2 Å². The first-order chi connectivity index (χ1) is 11.0. The Hall–Kier alpha value is -1.72. The number of aromatic nitrogens is 2. The molecule has 1 aromatic carbocycles. The summed E-state index contributed by atoms with van der Waals surface area (Å²) < 4.78 is 27.3. The van der Waals surface area contributed by atoms with Crippen LogP contribution in [0, 0.1) is 11.2 Å². The van der Waals surface area contributed by atoms with E-state index in [1.807, 2.05) is 22.9 Å².